The van der Waals surface area contributed by atoms with Gasteiger partial charge >= 0.3 is 0 Å². The molecule has 0 radical (unpaired) electrons. The lowest BCUT2D eigenvalue weighted by Crippen LogP contribution is -2.36. The monoisotopic (exact) mass is 319 g/mol. The molecular weight excluding hydrogens is 301 g/mol. The Kier molecular flexibility index (Phi) is 4.55. The van der Waals surface area contributed by atoms with Crippen LogP contribution in [0.1, 0.15) is 37.4 Å². The first-order chi connectivity index (χ1) is 11.1. The van der Waals surface area contributed by atoms with Gasteiger partial charge in [-0.25, -0.2) is 4.39 Å². The van der Waals surface area contributed by atoms with Crippen molar-refractivity contribution in [2.45, 2.75) is 32.3 Å². The summed E-state index contributed by atoms with van der Waals surface area (Å²) >= 11 is 0. The van der Waals surface area contributed by atoms with Crippen molar-refractivity contribution in [1.82, 2.24) is 15.0 Å². The van der Waals surface area contributed by atoms with Gasteiger partial charge in [0.2, 0.25) is 5.91 Å². The van der Waals surface area contributed by atoms with Crippen molar-refractivity contribution in [1.29, 1.82) is 0 Å². The summed E-state index contributed by atoms with van der Waals surface area (Å²) in [6, 6.07) is 5.75. The van der Waals surface area contributed by atoms with E-state index in [1.165, 1.54) is 12.1 Å². The SMILES string of the molecule is CC(=O)N1CCC(c2noc(COc3ccc(F)cc3)n2)CC1. The minimum Gasteiger partial charge on any atom is -0.484 e. The summed E-state index contributed by atoms with van der Waals surface area (Å²) < 4.78 is 23.5. The summed E-state index contributed by atoms with van der Waals surface area (Å²) in [5.41, 5.74) is 0. The molecule has 6 nitrogen and oxygen atoms in total. The van der Waals surface area contributed by atoms with Crippen LogP contribution in [0.2, 0.25) is 0 Å². The molecule has 1 aliphatic rings. The summed E-state index contributed by atoms with van der Waals surface area (Å²) in [6.07, 6.45) is 1.66. The lowest BCUT2D eigenvalue weighted by atomic mass is 9.96. The largest absolute Gasteiger partial charge is 0.484 e. The minimum absolute atomic E-state index is 0.102. The number of amides is 1. The molecular formula is C16H18FN3O3. The minimum atomic E-state index is -0.311. The molecule has 0 saturated carbocycles. The second kappa shape index (κ2) is 6.76. The predicted molar refractivity (Wildman–Crippen MR) is 79.3 cm³/mol. The van der Waals surface area contributed by atoms with Crippen molar-refractivity contribution in [2.75, 3.05) is 13.1 Å². The number of carbonyl (C=O) groups is 1. The normalized spacial score (nSPS) is 15.7. The molecule has 1 saturated heterocycles. The fraction of sp³-hybridized carbons (Fsp3) is 0.438. The zero-order valence-corrected chi connectivity index (χ0v) is 12.9. The first-order valence-corrected chi connectivity index (χ1v) is 7.58. The summed E-state index contributed by atoms with van der Waals surface area (Å²) in [4.78, 5) is 17.5. The Hall–Kier alpha value is -2.44. The Morgan fingerprint density at radius 2 is 2.04 bits per heavy atom. The molecule has 2 aromatic rings. The summed E-state index contributed by atoms with van der Waals surface area (Å²) in [7, 11) is 0. The molecule has 7 heteroatoms. The number of benzene rings is 1. The number of hydrogen-bond donors (Lipinski definition) is 0. The maximum atomic E-state index is 12.8. The number of rotatable bonds is 4. The van der Waals surface area contributed by atoms with Gasteiger partial charge in [-0.05, 0) is 37.1 Å². The first-order valence-electron chi connectivity index (χ1n) is 7.58. The van der Waals surface area contributed by atoms with Crippen LogP contribution < -0.4 is 4.74 Å². The van der Waals surface area contributed by atoms with Gasteiger partial charge in [0.25, 0.3) is 5.89 Å². The number of ether oxygens (including phenoxy) is 1. The highest BCUT2D eigenvalue weighted by molar-refractivity contribution is 5.73. The van der Waals surface area contributed by atoms with Crippen LogP contribution in [0.4, 0.5) is 4.39 Å². The number of hydrogen-bond acceptors (Lipinski definition) is 5. The molecule has 0 spiro atoms. The van der Waals surface area contributed by atoms with Gasteiger partial charge in [0.05, 0.1) is 0 Å². The van der Waals surface area contributed by atoms with Crippen molar-refractivity contribution < 1.29 is 18.4 Å². The van der Waals surface area contributed by atoms with Gasteiger partial charge in [-0.3, -0.25) is 4.79 Å². The van der Waals surface area contributed by atoms with Gasteiger partial charge in [0.15, 0.2) is 12.4 Å². The average molecular weight is 319 g/mol. The highest BCUT2D eigenvalue weighted by Gasteiger charge is 2.25. The molecule has 3 rings (SSSR count). The highest BCUT2D eigenvalue weighted by Crippen LogP contribution is 2.26. The topological polar surface area (TPSA) is 68.5 Å². The predicted octanol–water partition coefficient (Wildman–Crippen LogP) is 2.51. The standard InChI is InChI=1S/C16H18FN3O3/c1-11(21)20-8-6-12(7-9-20)16-18-15(23-19-16)10-22-14-4-2-13(17)3-5-14/h2-5,12H,6-10H2,1H3. The van der Waals surface area contributed by atoms with Gasteiger partial charge in [-0.2, -0.15) is 4.98 Å². The molecule has 0 aliphatic carbocycles. The summed E-state index contributed by atoms with van der Waals surface area (Å²) in [5.74, 6) is 1.58. The van der Waals surface area contributed by atoms with E-state index < -0.39 is 0 Å². The van der Waals surface area contributed by atoms with Gasteiger partial charge in [0, 0.05) is 25.9 Å². The van der Waals surface area contributed by atoms with Crippen LogP contribution in [0, 0.1) is 5.82 Å². The zero-order chi connectivity index (χ0) is 16.2. The third-order valence-corrected chi connectivity index (χ3v) is 3.97. The van der Waals surface area contributed by atoms with Crippen LogP contribution >= 0.6 is 0 Å². The molecule has 0 bridgehead atoms. The smallest absolute Gasteiger partial charge is 0.264 e. The van der Waals surface area contributed by atoms with Gasteiger partial charge in [-0.15, -0.1) is 0 Å². The quantitative estimate of drug-likeness (QED) is 0.866. The van der Waals surface area contributed by atoms with Crippen LogP contribution in [0.5, 0.6) is 5.75 Å². The molecule has 0 atom stereocenters. The molecule has 23 heavy (non-hydrogen) atoms. The number of piperidine rings is 1. The fourth-order valence-corrected chi connectivity index (χ4v) is 2.62. The van der Waals surface area contributed by atoms with E-state index in [2.05, 4.69) is 10.1 Å². The van der Waals surface area contributed by atoms with Crippen LogP contribution in [0.25, 0.3) is 0 Å². The van der Waals surface area contributed by atoms with Crippen LogP contribution in [0.15, 0.2) is 28.8 Å². The number of aromatic nitrogens is 2. The van der Waals surface area contributed by atoms with Crippen molar-refractivity contribution in [3.63, 3.8) is 0 Å². The maximum absolute atomic E-state index is 12.8. The Bertz CT molecular complexity index is 663. The second-order valence-electron chi connectivity index (χ2n) is 5.57. The Morgan fingerprint density at radius 1 is 1.35 bits per heavy atom. The van der Waals surface area contributed by atoms with Crippen LogP contribution in [-0.2, 0) is 11.4 Å². The molecule has 1 aliphatic heterocycles. The molecule has 1 aromatic heterocycles. The molecule has 122 valence electrons. The van der Waals surface area contributed by atoms with Crippen molar-refractivity contribution in [2.24, 2.45) is 0 Å². The van der Waals surface area contributed by atoms with Gasteiger partial charge in [-0.1, -0.05) is 5.16 Å². The molecule has 0 N–H and O–H groups in total. The Labute approximate surface area is 133 Å². The van der Waals surface area contributed by atoms with E-state index in [1.807, 2.05) is 4.90 Å². The molecule has 2 heterocycles. The Morgan fingerprint density at radius 3 is 2.70 bits per heavy atom. The van der Waals surface area contributed by atoms with Crippen LogP contribution in [0.3, 0.4) is 0 Å². The third-order valence-electron chi connectivity index (χ3n) is 3.97. The molecule has 1 fully saturated rings. The van der Waals surface area contributed by atoms with Crippen molar-refractivity contribution in [3.05, 3.63) is 41.8 Å². The highest BCUT2D eigenvalue weighted by atomic mass is 19.1. The number of likely N-dealkylation sites (tertiary alicyclic amines) is 1. The van der Waals surface area contributed by atoms with E-state index in [9.17, 15) is 9.18 Å². The van der Waals surface area contributed by atoms with Gasteiger partial charge in [0.1, 0.15) is 11.6 Å². The lowest BCUT2D eigenvalue weighted by molar-refractivity contribution is -0.129. The lowest BCUT2D eigenvalue weighted by Gasteiger charge is -2.29. The van der Waals surface area contributed by atoms with E-state index in [0.717, 1.165) is 25.9 Å². The molecule has 1 amide bonds. The number of halogens is 1. The summed E-state index contributed by atoms with van der Waals surface area (Å²) in [6.45, 7) is 3.16. The summed E-state index contributed by atoms with van der Waals surface area (Å²) in [5, 5.41) is 4.01. The van der Waals surface area contributed by atoms with Gasteiger partial charge < -0.3 is 14.2 Å². The van der Waals surface area contributed by atoms with E-state index >= 15 is 0 Å². The maximum Gasteiger partial charge on any atom is 0.264 e. The fourth-order valence-electron chi connectivity index (χ4n) is 2.62. The zero-order valence-electron chi connectivity index (χ0n) is 12.9. The van der Waals surface area contributed by atoms with E-state index in [1.54, 1.807) is 19.1 Å². The molecule has 1 aromatic carbocycles. The third kappa shape index (κ3) is 3.85. The van der Waals surface area contributed by atoms with Crippen LogP contribution in [-0.4, -0.2) is 34.0 Å². The number of nitrogens with zero attached hydrogens (tertiary/aromatic N) is 3. The first kappa shape index (κ1) is 15.5. The van der Waals surface area contributed by atoms with Crippen molar-refractivity contribution >= 4 is 5.91 Å². The second-order valence-corrected chi connectivity index (χ2v) is 5.57. The molecule has 0 unspecified atom stereocenters. The number of carbonyl (C=O) groups excluding carboxylic acids is 1. The van der Waals surface area contributed by atoms with Crippen molar-refractivity contribution in [3.8, 4) is 5.75 Å². The van der Waals surface area contributed by atoms with E-state index in [4.69, 9.17) is 9.26 Å². The van der Waals surface area contributed by atoms with E-state index in [0.29, 0.717) is 17.5 Å². The average Bonchev–Trinajstić information content (AvgIpc) is 3.03. The Balaban J connectivity index is 1.54. The van der Waals surface area contributed by atoms with E-state index in [-0.39, 0.29) is 24.2 Å².